The van der Waals surface area contributed by atoms with Crippen molar-refractivity contribution in [1.29, 1.82) is 0 Å². The second-order valence-electron chi connectivity index (χ2n) is 7.00. The molecule has 0 unspecified atom stereocenters. The molecule has 2 saturated heterocycles. The van der Waals surface area contributed by atoms with E-state index >= 15 is 0 Å². The molecule has 2 aromatic rings. The van der Waals surface area contributed by atoms with E-state index < -0.39 is 41.5 Å². The number of pyridine rings is 1. The summed E-state index contributed by atoms with van der Waals surface area (Å²) in [7, 11) is 0. The van der Waals surface area contributed by atoms with Crippen molar-refractivity contribution in [2.75, 3.05) is 26.2 Å². The molecule has 0 spiro atoms. The van der Waals surface area contributed by atoms with Crippen LogP contribution in [-0.2, 0) is 10.9 Å². The topological polar surface area (TPSA) is 87.4 Å². The molecule has 0 bridgehead atoms. The Morgan fingerprint density at radius 3 is 2.56 bits per heavy atom. The average molecular weight is 988 g/mol. The van der Waals surface area contributed by atoms with Crippen LogP contribution in [0.2, 0.25) is 5.15 Å². The number of aliphatic hydroxyl groups is 1. The summed E-state index contributed by atoms with van der Waals surface area (Å²) >= 11 is 9.19. The van der Waals surface area contributed by atoms with Gasteiger partial charge in [-0.2, -0.15) is 13.2 Å². The minimum absolute atomic E-state index is 0. The number of fused-ring (bicyclic) bond motifs is 1. The van der Waals surface area contributed by atoms with Crippen LogP contribution in [0.25, 0.3) is 5.65 Å². The molecule has 2 fully saturated rings. The quantitative estimate of drug-likeness (QED) is 0.501. The number of nitrogens with zero attached hydrogens (tertiary/aromatic N) is 4. The summed E-state index contributed by atoms with van der Waals surface area (Å²) in [5.41, 5.74) is -1.87. The van der Waals surface area contributed by atoms with Gasteiger partial charge in [0.25, 0.3) is 5.91 Å². The number of hydrogen-bond donors (Lipinski definition) is 1. The molecule has 2 atom stereocenters. The van der Waals surface area contributed by atoms with E-state index in [-0.39, 0.29) is 104 Å². The molecule has 4 rings (SSSR count). The number of alkyl halides is 3. The van der Waals surface area contributed by atoms with E-state index in [2.05, 4.69) is 20.9 Å². The van der Waals surface area contributed by atoms with E-state index in [0.717, 1.165) is 10.5 Å². The molecular formula is C17H15BrClF3N4O4U2. The van der Waals surface area contributed by atoms with E-state index in [1.165, 1.54) is 16.0 Å². The van der Waals surface area contributed by atoms with Crippen molar-refractivity contribution in [2.24, 2.45) is 0 Å². The molecule has 0 saturated carbocycles. The minimum Gasteiger partial charge on any atom is -0.448 e. The molecule has 0 aromatic carbocycles. The fourth-order valence-corrected chi connectivity index (χ4v) is 4.44. The fourth-order valence-electron chi connectivity index (χ4n) is 3.75. The molecule has 170 valence electrons. The van der Waals surface area contributed by atoms with E-state index in [1.807, 2.05) is 0 Å². The number of ether oxygens (including phenoxy) is 1. The smallest absolute Gasteiger partial charge is 0.420 e. The number of carbonyl (C=O) groups is 2. The van der Waals surface area contributed by atoms with Crippen LogP contribution in [0.5, 0.6) is 0 Å². The molecule has 32 heavy (non-hydrogen) atoms. The van der Waals surface area contributed by atoms with Crippen LogP contribution < -0.4 is 0 Å². The van der Waals surface area contributed by atoms with Gasteiger partial charge in [-0.1, -0.05) is 11.6 Å². The van der Waals surface area contributed by atoms with Gasteiger partial charge in [0.05, 0.1) is 24.3 Å². The van der Waals surface area contributed by atoms with Gasteiger partial charge in [0.15, 0.2) is 11.3 Å². The van der Waals surface area contributed by atoms with Crippen molar-refractivity contribution in [3.63, 3.8) is 0 Å². The van der Waals surface area contributed by atoms with E-state index in [0.29, 0.717) is 6.54 Å². The van der Waals surface area contributed by atoms with Gasteiger partial charge in [-0.3, -0.25) is 14.1 Å². The molecule has 15 heteroatoms. The summed E-state index contributed by atoms with van der Waals surface area (Å²) in [4.78, 5) is 31.2. The Morgan fingerprint density at radius 1 is 1.31 bits per heavy atom. The van der Waals surface area contributed by atoms with Gasteiger partial charge < -0.3 is 14.7 Å². The zero-order chi connectivity index (χ0) is 21.8. The number of amides is 2. The molecule has 2 amide bonds. The number of hydrogen-bond acceptors (Lipinski definition) is 5. The largest absolute Gasteiger partial charge is 0.448 e. The SMILES string of the molecule is O=C(c1nc2c(C(F)(F)F)cc(Br)cn2c1Cl)N1CC[C@H](N2CCOC2=O)[C@@H](O)C1.[U].[U]. The van der Waals surface area contributed by atoms with Crippen LogP contribution in [0.3, 0.4) is 0 Å². The Labute approximate surface area is 241 Å². The number of cyclic esters (lactones) is 1. The first-order valence-electron chi connectivity index (χ1n) is 8.93. The number of rotatable bonds is 2. The van der Waals surface area contributed by atoms with Gasteiger partial charge in [0.1, 0.15) is 11.8 Å². The number of aromatic nitrogens is 2. The number of imidazole rings is 1. The van der Waals surface area contributed by atoms with Crippen LogP contribution in [-0.4, -0.2) is 74.7 Å². The molecular weight excluding hydrogens is 973 g/mol. The van der Waals surface area contributed by atoms with Crippen LogP contribution >= 0.6 is 27.5 Å². The van der Waals surface area contributed by atoms with Gasteiger partial charge in [-0.25, -0.2) is 9.78 Å². The molecule has 2 aliphatic rings. The van der Waals surface area contributed by atoms with Gasteiger partial charge in [0, 0.05) is 86.0 Å². The number of likely N-dealkylation sites (tertiary alicyclic amines) is 1. The van der Waals surface area contributed by atoms with E-state index in [4.69, 9.17) is 16.3 Å². The van der Waals surface area contributed by atoms with E-state index in [1.54, 1.807) is 0 Å². The van der Waals surface area contributed by atoms with Gasteiger partial charge in [0.2, 0.25) is 0 Å². The molecule has 1 N–H and O–H groups in total. The summed E-state index contributed by atoms with van der Waals surface area (Å²) in [5, 5.41) is 10.2. The Morgan fingerprint density at radius 2 is 2.00 bits per heavy atom. The Kier molecular flexibility index (Phi) is 9.51. The monoisotopic (exact) mass is 986 g/mol. The van der Waals surface area contributed by atoms with E-state index in [9.17, 15) is 27.9 Å². The zero-order valence-corrected chi connectivity index (χ0v) is 26.9. The first-order chi connectivity index (χ1) is 14.1. The zero-order valence-electron chi connectivity index (χ0n) is 16.2. The summed E-state index contributed by atoms with van der Waals surface area (Å²) in [6, 6.07) is 0.352. The summed E-state index contributed by atoms with van der Waals surface area (Å²) in [6.45, 7) is 0.637. The van der Waals surface area contributed by atoms with Crippen LogP contribution in [0.1, 0.15) is 22.5 Å². The number of halogens is 5. The Balaban J connectivity index is 0.00000181. The van der Waals surface area contributed by atoms with Crippen LogP contribution in [0, 0.1) is 62.2 Å². The van der Waals surface area contributed by atoms with Gasteiger partial charge >= 0.3 is 12.3 Å². The van der Waals surface area contributed by atoms with Crippen molar-refractivity contribution in [3.8, 4) is 0 Å². The maximum Gasteiger partial charge on any atom is 0.420 e. The number of β-amino-alcohol motifs (C(OH)–C–C–N with tert-alkyl or cyclic N) is 1. The van der Waals surface area contributed by atoms with Crippen LogP contribution in [0.15, 0.2) is 16.7 Å². The summed E-state index contributed by atoms with van der Waals surface area (Å²) < 4.78 is 46.1. The van der Waals surface area contributed by atoms with Crippen molar-refractivity contribution in [1.82, 2.24) is 19.2 Å². The predicted molar refractivity (Wildman–Crippen MR) is 101 cm³/mol. The first-order valence-corrected chi connectivity index (χ1v) is 10.1. The molecule has 0 aliphatic carbocycles. The molecule has 2 aliphatic heterocycles. The third-order valence-corrected chi connectivity index (χ3v) is 5.96. The number of aliphatic hydroxyl groups excluding tert-OH is 1. The average Bonchev–Trinajstić information content (AvgIpc) is 3.23. The van der Waals surface area contributed by atoms with Crippen molar-refractivity contribution in [2.45, 2.75) is 24.7 Å². The van der Waals surface area contributed by atoms with Crippen molar-refractivity contribution < 1.29 is 94.8 Å². The maximum absolute atomic E-state index is 13.4. The number of carbonyl (C=O) groups excluding carboxylic acids is 2. The molecule has 4 heterocycles. The summed E-state index contributed by atoms with van der Waals surface area (Å²) in [5.74, 6) is -0.700. The maximum atomic E-state index is 13.4. The normalized spacial score (nSPS) is 21.2. The second kappa shape index (κ2) is 10.8. The van der Waals surface area contributed by atoms with Gasteiger partial charge in [-0.05, 0) is 28.4 Å². The van der Waals surface area contributed by atoms with Gasteiger partial charge in [-0.15, -0.1) is 0 Å². The molecule has 0 radical (unpaired) electrons. The number of piperidine rings is 1. The van der Waals surface area contributed by atoms with Crippen molar-refractivity contribution >= 4 is 45.2 Å². The third-order valence-electron chi connectivity index (χ3n) is 5.16. The Bertz CT molecular complexity index is 1040. The Hall–Kier alpha value is 0.0539. The third kappa shape index (κ3) is 5.32. The summed E-state index contributed by atoms with van der Waals surface area (Å²) in [6.07, 6.45) is -4.68. The standard InChI is InChI=1S/C17H15BrClF3N4O4.2U/c18-8-5-9(17(20,21)22)14-23-12(13(19)26(14)6-8)15(28)24-2-1-10(11(27)7-24)25-3-4-30-16(25)29;;/h5-6,10-11,27H,1-4,7H2;;/t10-,11-;;/m0../s1. The van der Waals surface area contributed by atoms with Crippen molar-refractivity contribution in [3.05, 3.63) is 33.1 Å². The first kappa shape index (κ1) is 28.3. The molecule has 2 aromatic heterocycles. The van der Waals surface area contributed by atoms with Crippen LogP contribution in [0.4, 0.5) is 18.0 Å². The second-order valence-corrected chi connectivity index (χ2v) is 8.27. The minimum atomic E-state index is -4.70. The predicted octanol–water partition coefficient (Wildman–Crippen LogP) is 2.80. The molecule has 8 nitrogen and oxygen atoms in total. The fraction of sp³-hybridized carbons (Fsp3) is 0.471.